The van der Waals surface area contributed by atoms with Crippen molar-refractivity contribution >= 4 is 17.2 Å². The lowest BCUT2D eigenvalue weighted by molar-refractivity contribution is 0.0902. The fraction of sp³-hybridized carbons (Fsp3) is 0.412. The number of thiophene rings is 1. The average Bonchev–Trinajstić information content (AvgIpc) is 2.87. The summed E-state index contributed by atoms with van der Waals surface area (Å²) in [6.45, 7) is 10.2. The first-order chi connectivity index (χ1) is 9.79. The summed E-state index contributed by atoms with van der Waals surface area (Å²) in [6, 6.07) is 7.80. The van der Waals surface area contributed by atoms with Gasteiger partial charge in [0.25, 0.3) is 5.91 Å². The number of aromatic nitrogens is 1. The van der Waals surface area contributed by atoms with Crippen molar-refractivity contribution < 1.29 is 4.79 Å². The van der Waals surface area contributed by atoms with E-state index in [0.717, 1.165) is 11.4 Å². The quantitative estimate of drug-likeness (QED) is 0.919. The van der Waals surface area contributed by atoms with Crippen LogP contribution in [0.5, 0.6) is 0 Å². The Morgan fingerprint density at radius 3 is 2.48 bits per heavy atom. The molecule has 3 nitrogen and oxygen atoms in total. The molecule has 0 saturated carbocycles. The Hall–Kier alpha value is -1.68. The summed E-state index contributed by atoms with van der Waals surface area (Å²) in [7, 11) is 0. The van der Waals surface area contributed by atoms with E-state index in [4.69, 9.17) is 0 Å². The van der Waals surface area contributed by atoms with Crippen LogP contribution in [0, 0.1) is 19.3 Å². The van der Waals surface area contributed by atoms with E-state index in [1.807, 2.05) is 37.4 Å². The number of carbonyl (C=O) groups excluding carboxylic acids is 1. The Labute approximate surface area is 130 Å². The molecule has 0 aliphatic rings. The highest BCUT2D eigenvalue weighted by molar-refractivity contribution is 7.10. The minimum atomic E-state index is -0.0617. The van der Waals surface area contributed by atoms with Crippen molar-refractivity contribution in [2.24, 2.45) is 5.41 Å². The van der Waals surface area contributed by atoms with Crippen LogP contribution >= 0.6 is 11.3 Å². The van der Waals surface area contributed by atoms with Crippen LogP contribution in [0.1, 0.15) is 53.4 Å². The zero-order chi connectivity index (χ0) is 15.6. The first kappa shape index (κ1) is 15.7. The Bertz CT molecular complexity index is 627. The highest BCUT2D eigenvalue weighted by Crippen LogP contribution is 2.35. The summed E-state index contributed by atoms with van der Waals surface area (Å²) in [5.41, 5.74) is 2.29. The number of hydrogen-bond acceptors (Lipinski definition) is 3. The molecule has 0 bridgehead atoms. The summed E-state index contributed by atoms with van der Waals surface area (Å²) < 4.78 is 0. The minimum Gasteiger partial charge on any atom is -0.344 e. The molecule has 0 aliphatic heterocycles. The van der Waals surface area contributed by atoms with Gasteiger partial charge in [0.15, 0.2) is 0 Å². The maximum absolute atomic E-state index is 12.6. The third kappa shape index (κ3) is 3.70. The lowest BCUT2D eigenvalue weighted by atomic mass is 9.85. The molecule has 112 valence electrons. The van der Waals surface area contributed by atoms with Crippen LogP contribution in [0.2, 0.25) is 0 Å². The lowest BCUT2D eigenvalue weighted by Gasteiger charge is -2.31. The minimum absolute atomic E-state index is 0.00861. The van der Waals surface area contributed by atoms with Gasteiger partial charge in [-0.3, -0.25) is 9.78 Å². The summed E-state index contributed by atoms with van der Waals surface area (Å²) in [5.74, 6) is -0.0617. The largest absolute Gasteiger partial charge is 0.344 e. The van der Waals surface area contributed by atoms with Crippen LogP contribution in [0.4, 0.5) is 0 Å². The van der Waals surface area contributed by atoms with Gasteiger partial charge >= 0.3 is 0 Å². The monoisotopic (exact) mass is 302 g/mol. The molecular weight excluding hydrogens is 280 g/mol. The van der Waals surface area contributed by atoms with E-state index in [9.17, 15) is 4.79 Å². The zero-order valence-corrected chi connectivity index (χ0v) is 14.0. The number of pyridine rings is 1. The molecule has 2 heterocycles. The lowest BCUT2D eigenvalue weighted by Crippen LogP contribution is -2.36. The van der Waals surface area contributed by atoms with Crippen LogP contribution in [-0.2, 0) is 0 Å². The van der Waals surface area contributed by atoms with Gasteiger partial charge in [-0.15, -0.1) is 11.3 Å². The molecule has 0 aliphatic carbocycles. The van der Waals surface area contributed by atoms with E-state index in [1.165, 1.54) is 4.88 Å². The SMILES string of the molecule is Cc1ccc(C(=O)NC(c2cccs2)C(C)(C)C)c(C)n1. The molecule has 1 unspecified atom stereocenters. The molecule has 0 radical (unpaired) electrons. The van der Waals surface area contributed by atoms with Crippen molar-refractivity contribution in [1.29, 1.82) is 0 Å². The second kappa shape index (κ2) is 5.98. The van der Waals surface area contributed by atoms with E-state index in [1.54, 1.807) is 11.3 Å². The van der Waals surface area contributed by atoms with Crippen molar-refractivity contribution in [2.75, 3.05) is 0 Å². The van der Waals surface area contributed by atoms with Crippen molar-refractivity contribution in [3.63, 3.8) is 0 Å². The van der Waals surface area contributed by atoms with Crippen LogP contribution in [0.15, 0.2) is 29.6 Å². The molecule has 4 heteroatoms. The highest BCUT2D eigenvalue weighted by atomic mass is 32.1. The normalized spacial score (nSPS) is 13.0. The summed E-state index contributed by atoms with van der Waals surface area (Å²) >= 11 is 1.67. The number of nitrogens with zero attached hydrogens (tertiary/aromatic N) is 1. The van der Waals surface area contributed by atoms with Crippen LogP contribution in [0.25, 0.3) is 0 Å². The van der Waals surface area contributed by atoms with Gasteiger partial charge in [0.05, 0.1) is 17.3 Å². The van der Waals surface area contributed by atoms with Gasteiger partial charge in [0, 0.05) is 10.6 Å². The van der Waals surface area contributed by atoms with Gasteiger partial charge in [-0.2, -0.15) is 0 Å². The summed E-state index contributed by atoms with van der Waals surface area (Å²) in [5, 5.41) is 5.21. The third-order valence-electron chi connectivity index (χ3n) is 3.44. The van der Waals surface area contributed by atoms with Gasteiger partial charge in [-0.1, -0.05) is 26.8 Å². The fourth-order valence-corrected chi connectivity index (χ4v) is 3.33. The molecule has 2 aromatic heterocycles. The molecule has 0 fully saturated rings. The molecular formula is C17H22N2OS. The number of rotatable bonds is 3. The van der Waals surface area contributed by atoms with Crippen LogP contribution < -0.4 is 5.32 Å². The third-order valence-corrected chi connectivity index (χ3v) is 4.38. The standard InChI is InChI=1S/C17H22N2OS/c1-11-8-9-13(12(2)18-11)16(20)19-15(17(3,4)5)14-7-6-10-21-14/h6-10,15H,1-5H3,(H,19,20). The van der Waals surface area contributed by atoms with Gasteiger partial charge in [0.2, 0.25) is 0 Å². The maximum atomic E-state index is 12.6. The van der Waals surface area contributed by atoms with E-state index in [2.05, 4.69) is 37.1 Å². The number of aryl methyl sites for hydroxylation is 2. The van der Waals surface area contributed by atoms with E-state index in [0.29, 0.717) is 5.56 Å². The molecule has 0 saturated heterocycles. The fourth-order valence-electron chi connectivity index (χ4n) is 2.31. The molecule has 1 N–H and O–H groups in total. The van der Waals surface area contributed by atoms with Crippen LogP contribution in [-0.4, -0.2) is 10.9 Å². The molecule has 1 atom stereocenters. The number of carbonyl (C=O) groups is 1. The molecule has 1 amide bonds. The number of nitrogens with one attached hydrogen (secondary N) is 1. The van der Waals surface area contributed by atoms with E-state index < -0.39 is 0 Å². The predicted molar refractivity (Wildman–Crippen MR) is 87.7 cm³/mol. The number of hydrogen-bond donors (Lipinski definition) is 1. The van der Waals surface area contributed by atoms with Gasteiger partial charge in [-0.25, -0.2) is 0 Å². The van der Waals surface area contributed by atoms with Crippen molar-refractivity contribution in [3.05, 3.63) is 51.5 Å². The Morgan fingerprint density at radius 2 is 1.95 bits per heavy atom. The van der Waals surface area contributed by atoms with Crippen molar-refractivity contribution in [1.82, 2.24) is 10.3 Å². The zero-order valence-electron chi connectivity index (χ0n) is 13.2. The molecule has 0 spiro atoms. The topological polar surface area (TPSA) is 42.0 Å². The second-order valence-electron chi connectivity index (χ2n) is 6.37. The van der Waals surface area contributed by atoms with Gasteiger partial charge < -0.3 is 5.32 Å². The van der Waals surface area contributed by atoms with E-state index in [-0.39, 0.29) is 17.4 Å². The second-order valence-corrected chi connectivity index (χ2v) is 7.35. The Balaban J connectivity index is 2.27. The van der Waals surface area contributed by atoms with Crippen molar-refractivity contribution in [2.45, 2.75) is 40.7 Å². The highest BCUT2D eigenvalue weighted by Gasteiger charge is 2.29. The first-order valence-corrected chi connectivity index (χ1v) is 7.95. The molecule has 2 aromatic rings. The van der Waals surface area contributed by atoms with Gasteiger partial charge in [0.1, 0.15) is 0 Å². The molecule has 0 aromatic carbocycles. The summed E-state index contributed by atoms with van der Waals surface area (Å²) in [6.07, 6.45) is 0. The van der Waals surface area contributed by atoms with Crippen molar-refractivity contribution in [3.8, 4) is 0 Å². The average molecular weight is 302 g/mol. The van der Waals surface area contributed by atoms with Gasteiger partial charge in [-0.05, 0) is 42.8 Å². The predicted octanol–water partition coefficient (Wildman–Crippen LogP) is 4.28. The molecule has 21 heavy (non-hydrogen) atoms. The molecule has 2 rings (SSSR count). The Kier molecular flexibility index (Phi) is 4.47. The smallest absolute Gasteiger partial charge is 0.253 e. The first-order valence-electron chi connectivity index (χ1n) is 7.07. The van der Waals surface area contributed by atoms with Crippen LogP contribution in [0.3, 0.4) is 0 Å². The maximum Gasteiger partial charge on any atom is 0.253 e. The number of amides is 1. The summed E-state index contributed by atoms with van der Waals surface area (Å²) in [4.78, 5) is 18.1. The van der Waals surface area contributed by atoms with E-state index >= 15 is 0 Å². The Morgan fingerprint density at radius 1 is 1.24 bits per heavy atom.